The number of hydrogen-bond donors (Lipinski definition) is 1. The Morgan fingerprint density at radius 3 is 3.05 bits per heavy atom. The van der Waals surface area contributed by atoms with E-state index in [2.05, 4.69) is 10.3 Å². The van der Waals surface area contributed by atoms with Crippen LogP contribution in [0.25, 0.3) is 0 Å². The second-order valence-electron chi connectivity index (χ2n) is 4.72. The van der Waals surface area contributed by atoms with E-state index < -0.39 is 0 Å². The number of nitrogens with one attached hydrogen (secondary N) is 1. The molecule has 0 aliphatic carbocycles. The van der Waals surface area contributed by atoms with Gasteiger partial charge in [0.05, 0.1) is 12.8 Å². The van der Waals surface area contributed by atoms with Crippen LogP contribution in [0.1, 0.15) is 28.4 Å². The Bertz CT molecular complexity index is 653. The molecule has 0 unspecified atom stereocenters. The molecule has 0 amide bonds. The van der Waals surface area contributed by atoms with Gasteiger partial charge in [-0.05, 0) is 43.2 Å². The van der Waals surface area contributed by atoms with Crippen LogP contribution in [0.5, 0.6) is 5.75 Å². The lowest BCUT2D eigenvalue weighted by Gasteiger charge is -2.06. The summed E-state index contributed by atoms with van der Waals surface area (Å²) in [5, 5.41) is 3.29. The summed E-state index contributed by atoms with van der Waals surface area (Å²) in [5.74, 6) is 0.606. The summed E-state index contributed by atoms with van der Waals surface area (Å²) in [7, 11) is 0. The molecule has 102 valence electrons. The maximum absolute atomic E-state index is 12.5. The van der Waals surface area contributed by atoms with Crippen LogP contribution in [0.4, 0.5) is 5.69 Å². The van der Waals surface area contributed by atoms with Crippen molar-refractivity contribution in [2.24, 2.45) is 0 Å². The standard InChI is InChI=1S/C16H16N2O2/c1-2-20-14-8-13(9-17-10-14)16(19)12-3-4-15-11(7-12)5-6-18-15/h3-4,7-10,18H,2,5-6H2,1H3. The summed E-state index contributed by atoms with van der Waals surface area (Å²) in [4.78, 5) is 16.6. The molecule has 1 N–H and O–H groups in total. The van der Waals surface area contributed by atoms with E-state index in [4.69, 9.17) is 4.74 Å². The van der Waals surface area contributed by atoms with Crippen LogP contribution in [-0.4, -0.2) is 23.9 Å². The predicted octanol–water partition coefficient (Wildman–Crippen LogP) is 2.68. The smallest absolute Gasteiger partial charge is 0.194 e. The molecule has 0 radical (unpaired) electrons. The Balaban J connectivity index is 1.90. The van der Waals surface area contributed by atoms with E-state index in [1.807, 2.05) is 25.1 Å². The second-order valence-corrected chi connectivity index (χ2v) is 4.72. The quantitative estimate of drug-likeness (QED) is 0.866. The van der Waals surface area contributed by atoms with Gasteiger partial charge in [-0.25, -0.2) is 0 Å². The fourth-order valence-electron chi connectivity index (χ4n) is 2.40. The number of carbonyl (C=O) groups is 1. The van der Waals surface area contributed by atoms with E-state index in [1.165, 1.54) is 5.56 Å². The number of ether oxygens (including phenoxy) is 1. The van der Waals surface area contributed by atoms with Crippen molar-refractivity contribution >= 4 is 11.5 Å². The van der Waals surface area contributed by atoms with Crippen LogP contribution < -0.4 is 10.1 Å². The highest BCUT2D eigenvalue weighted by Crippen LogP contribution is 2.24. The van der Waals surface area contributed by atoms with Crippen molar-refractivity contribution in [3.8, 4) is 5.75 Å². The second kappa shape index (κ2) is 5.33. The Kier molecular flexibility index (Phi) is 3.37. The van der Waals surface area contributed by atoms with Gasteiger partial charge in [0.1, 0.15) is 5.75 Å². The third kappa shape index (κ3) is 2.37. The molecule has 0 bridgehead atoms. The minimum atomic E-state index is -0.0197. The van der Waals surface area contributed by atoms with Gasteiger partial charge in [-0.2, -0.15) is 0 Å². The van der Waals surface area contributed by atoms with Gasteiger partial charge in [-0.15, -0.1) is 0 Å². The highest BCUT2D eigenvalue weighted by molar-refractivity contribution is 6.09. The van der Waals surface area contributed by atoms with Gasteiger partial charge in [0.25, 0.3) is 0 Å². The lowest BCUT2D eigenvalue weighted by Crippen LogP contribution is -2.03. The van der Waals surface area contributed by atoms with Gasteiger partial charge in [-0.3, -0.25) is 9.78 Å². The third-order valence-corrected chi connectivity index (χ3v) is 3.36. The molecule has 0 saturated heterocycles. The average molecular weight is 268 g/mol. The maximum Gasteiger partial charge on any atom is 0.194 e. The van der Waals surface area contributed by atoms with E-state index in [0.717, 1.165) is 18.7 Å². The van der Waals surface area contributed by atoms with E-state index in [9.17, 15) is 4.79 Å². The highest BCUT2D eigenvalue weighted by atomic mass is 16.5. The summed E-state index contributed by atoms with van der Waals surface area (Å²) >= 11 is 0. The molecule has 0 spiro atoms. The minimum Gasteiger partial charge on any atom is -0.492 e. The minimum absolute atomic E-state index is 0.0197. The van der Waals surface area contributed by atoms with Crippen molar-refractivity contribution in [3.05, 3.63) is 53.3 Å². The normalized spacial score (nSPS) is 12.7. The zero-order chi connectivity index (χ0) is 13.9. The number of aromatic nitrogens is 1. The Hall–Kier alpha value is -2.36. The van der Waals surface area contributed by atoms with Crippen LogP contribution in [0.2, 0.25) is 0 Å². The summed E-state index contributed by atoms with van der Waals surface area (Å²) in [5.41, 5.74) is 3.58. The first-order valence-corrected chi connectivity index (χ1v) is 6.77. The molecule has 0 fully saturated rings. The molecule has 0 saturated carbocycles. The number of ketones is 1. The molecule has 0 atom stereocenters. The molecule has 1 aromatic heterocycles. The number of anilines is 1. The number of nitrogens with zero attached hydrogens (tertiary/aromatic N) is 1. The molecule has 4 heteroatoms. The Labute approximate surface area is 117 Å². The topological polar surface area (TPSA) is 51.2 Å². The molecule has 4 nitrogen and oxygen atoms in total. The van der Waals surface area contributed by atoms with E-state index in [0.29, 0.717) is 23.5 Å². The first kappa shape index (κ1) is 12.7. The zero-order valence-electron chi connectivity index (χ0n) is 11.3. The first-order chi connectivity index (χ1) is 9.78. The fourth-order valence-corrected chi connectivity index (χ4v) is 2.40. The van der Waals surface area contributed by atoms with Crippen LogP contribution in [0, 0.1) is 0 Å². The summed E-state index contributed by atoms with van der Waals surface area (Å²) < 4.78 is 5.38. The summed E-state index contributed by atoms with van der Waals surface area (Å²) in [6.45, 7) is 3.40. The van der Waals surface area contributed by atoms with Crippen LogP contribution in [0.3, 0.4) is 0 Å². The third-order valence-electron chi connectivity index (χ3n) is 3.36. The summed E-state index contributed by atoms with van der Waals surface area (Å²) in [6.07, 6.45) is 4.16. The van der Waals surface area contributed by atoms with Crippen molar-refractivity contribution in [3.63, 3.8) is 0 Å². The lowest BCUT2D eigenvalue weighted by molar-refractivity contribution is 0.103. The lowest BCUT2D eigenvalue weighted by atomic mass is 10.0. The maximum atomic E-state index is 12.5. The molecule has 2 heterocycles. The average Bonchev–Trinajstić information content (AvgIpc) is 2.94. The molecule has 1 aromatic carbocycles. The number of pyridine rings is 1. The Morgan fingerprint density at radius 1 is 1.30 bits per heavy atom. The summed E-state index contributed by atoms with van der Waals surface area (Å²) in [6, 6.07) is 7.53. The number of rotatable bonds is 4. The molecule has 2 aromatic rings. The van der Waals surface area contributed by atoms with Gasteiger partial charge >= 0.3 is 0 Å². The van der Waals surface area contributed by atoms with E-state index in [-0.39, 0.29) is 5.78 Å². The largest absolute Gasteiger partial charge is 0.492 e. The van der Waals surface area contributed by atoms with Gasteiger partial charge in [0, 0.05) is 29.6 Å². The van der Waals surface area contributed by atoms with Crippen LogP contribution in [0.15, 0.2) is 36.7 Å². The van der Waals surface area contributed by atoms with Crippen molar-refractivity contribution in [2.75, 3.05) is 18.5 Å². The monoisotopic (exact) mass is 268 g/mol. The van der Waals surface area contributed by atoms with Gasteiger partial charge in [-0.1, -0.05) is 0 Å². The molecular weight excluding hydrogens is 252 g/mol. The number of carbonyl (C=O) groups excluding carboxylic acids is 1. The molecule has 1 aliphatic rings. The molecular formula is C16H16N2O2. The van der Waals surface area contributed by atoms with E-state index in [1.54, 1.807) is 18.5 Å². The van der Waals surface area contributed by atoms with E-state index >= 15 is 0 Å². The highest BCUT2D eigenvalue weighted by Gasteiger charge is 2.15. The van der Waals surface area contributed by atoms with Gasteiger partial charge < -0.3 is 10.1 Å². The number of hydrogen-bond acceptors (Lipinski definition) is 4. The first-order valence-electron chi connectivity index (χ1n) is 6.77. The fraction of sp³-hybridized carbons (Fsp3) is 0.250. The van der Waals surface area contributed by atoms with Crippen molar-refractivity contribution in [1.29, 1.82) is 0 Å². The van der Waals surface area contributed by atoms with Crippen LogP contribution in [-0.2, 0) is 6.42 Å². The molecule has 20 heavy (non-hydrogen) atoms. The van der Waals surface area contributed by atoms with Crippen LogP contribution >= 0.6 is 0 Å². The zero-order valence-corrected chi connectivity index (χ0v) is 11.3. The molecule has 1 aliphatic heterocycles. The predicted molar refractivity (Wildman–Crippen MR) is 77.5 cm³/mol. The molecule has 3 rings (SSSR count). The van der Waals surface area contributed by atoms with Crippen molar-refractivity contribution in [2.45, 2.75) is 13.3 Å². The SMILES string of the molecule is CCOc1cncc(C(=O)c2ccc3c(c2)CCN3)c1. The number of fused-ring (bicyclic) bond motifs is 1. The van der Waals surface area contributed by atoms with Gasteiger partial charge in [0.15, 0.2) is 5.78 Å². The van der Waals surface area contributed by atoms with Crippen molar-refractivity contribution < 1.29 is 9.53 Å². The van der Waals surface area contributed by atoms with Gasteiger partial charge in [0.2, 0.25) is 0 Å². The Morgan fingerprint density at radius 2 is 2.20 bits per heavy atom. The van der Waals surface area contributed by atoms with Crippen molar-refractivity contribution in [1.82, 2.24) is 4.98 Å². The number of benzene rings is 1.